The molecule has 2 amide bonds. The van der Waals surface area contributed by atoms with Crippen LogP contribution in [0.5, 0.6) is 5.75 Å². The Balaban J connectivity index is 0.00000307. The second kappa shape index (κ2) is 16.2. The molecule has 1 heterocycles. The van der Waals surface area contributed by atoms with Gasteiger partial charge in [-0.15, -0.1) is 0 Å². The summed E-state index contributed by atoms with van der Waals surface area (Å²) in [5.41, 5.74) is 4.22. The van der Waals surface area contributed by atoms with Gasteiger partial charge in [0.1, 0.15) is 34.9 Å². The number of hydrogen-bond donors (Lipinski definition) is 3. The number of carboxylic acid groups (broad SMARTS) is 1. The summed E-state index contributed by atoms with van der Waals surface area (Å²) in [6.45, 7) is 17.3. The molecule has 3 N–H and O–H groups in total. The number of ether oxygens (including phenoxy) is 3. The monoisotopic (exact) mass is 660 g/mol. The molecule has 0 saturated heterocycles. The Kier molecular flexibility index (Phi) is 12.7. The van der Waals surface area contributed by atoms with Crippen molar-refractivity contribution in [1.29, 1.82) is 0 Å². The number of furan rings is 1. The highest BCUT2D eigenvalue weighted by Gasteiger charge is 2.18. The average molecular weight is 661 g/mol. The van der Waals surface area contributed by atoms with Gasteiger partial charge in [-0.05, 0) is 101 Å². The lowest BCUT2D eigenvalue weighted by Crippen LogP contribution is -2.32. The molecule has 4 aromatic rings. The normalized spacial score (nSPS) is 11.3. The van der Waals surface area contributed by atoms with Crippen LogP contribution >= 0.6 is 0 Å². The number of amides is 2. The summed E-state index contributed by atoms with van der Waals surface area (Å²) in [6.07, 6.45) is -1.26. The Bertz CT molecular complexity index is 1730. The molecule has 4 rings (SSSR count). The van der Waals surface area contributed by atoms with Gasteiger partial charge in [0.05, 0.1) is 6.42 Å². The van der Waals surface area contributed by atoms with Crippen LogP contribution in [0.1, 0.15) is 83.4 Å². The number of alkyl carbamates (subject to hydrolysis) is 2. The van der Waals surface area contributed by atoms with Gasteiger partial charge in [-0.2, -0.15) is 0 Å². The molecule has 0 bridgehead atoms. The van der Waals surface area contributed by atoms with Crippen LogP contribution in [0, 0.1) is 6.92 Å². The lowest BCUT2D eigenvalue weighted by atomic mass is 9.99. The van der Waals surface area contributed by atoms with Gasteiger partial charge in [0.25, 0.3) is 0 Å². The largest absolute Gasteiger partial charge is 0.489 e. The number of carbonyl (C=O) groups excluding carboxylic acids is 2. The van der Waals surface area contributed by atoms with E-state index in [1.165, 1.54) is 0 Å². The van der Waals surface area contributed by atoms with E-state index in [-0.39, 0.29) is 26.1 Å². The number of carbonyl (C=O) groups is 3. The minimum Gasteiger partial charge on any atom is -0.489 e. The Morgan fingerprint density at radius 1 is 0.771 bits per heavy atom. The van der Waals surface area contributed by atoms with Crippen LogP contribution < -0.4 is 15.4 Å². The van der Waals surface area contributed by atoms with Gasteiger partial charge in [0.15, 0.2) is 0 Å². The number of aliphatic carboxylic acids is 1. The van der Waals surface area contributed by atoms with Crippen molar-refractivity contribution in [3.63, 3.8) is 0 Å². The van der Waals surface area contributed by atoms with E-state index in [1.807, 2.05) is 84.0 Å². The van der Waals surface area contributed by atoms with Crippen LogP contribution in [0.25, 0.3) is 22.1 Å². The maximum absolute atomic E-state index is 12.2. The fourth-order valence-corrected chi connectivity index (χ4v) is 4.78. The summed E-state index contributed by atoms with van der Waals surface area (Å²) in [5.74, 6) is 0.181. The van der Waals surface area contributed by atoms with Gasteiger partial charge in [-0.25, -0.2) is 9.59 Å². The zero-order valence-electron chi connectivity index (χ0n) is 29.4. The number of benzene rings is 3. The minimum atomic E-state index is -0.983. The van der Waals surface area contributed by atoms with Crippen molar-refractivity contribution in [3.05, 3.63) is 88.7 Å². The van der Waals surface area contributed by atoms with Crippen molar-refractivity contribution in [2.75, 3.05) is 0 Å². The van der Waals surface area contributed by atoms with Crippen molar-refractivity contribution in [2.45, 2.75) is 99.6 Å². The smallest absolute Gasteiger partial charge is 0.407 e. The van der Waals surface area contributed by atoms with Crippen LogP contribution in [0.2, 0.25) is 0 Å². The average Bonchev–Trinajstić information content (AvgIpc) is 3.37. The highest BCUT2D eigenvalue weighted by Crippen LogP contribution is 2.34. The minimum absolute atomic E-state index is 0.155. The van der Waals surface area contributed by atoms with Gasteiger partial charge in [-0.1, -0.05) is 44.2 Å². The molecule has 10 heteroatoms. The van der Waals surface area contributed by atoms with Crippen LogP contribution in [-0.4, -0.2) is 34.5 Å². The molecule has 1 aromatic heterocycles. The van der Waals surface area contributed by atoms with E-state index in [0.717, 1.165) is 44.5 Å². The summed E-state index contributed by atoms with van der Waals surface area (Å²) in [4.78, 5) is 35.9. The summed E-state index contributed by atoms with van der Waals surface area (Å²) in [7, 11) is 0. The number of rotatable bonds is 10. The Morgan fingerprint density at radius 3 is 1.96 bits per heavy atom. The third kappa shape index (κ3) is 11.7. The fourth-order valence-electron chi connectivity index (χ4n) is 4.78. The third-order valence-electron chi connectivity index (χ3n) is 6.58. The first-order chi connectivity index (χ1) is 22.5. The lowest BCUT2D eigenvalue weighted by molar-refractivity contribution is -0.136. The Morgan fingerprint density at radius 2 is 1.38 bits per heavy atom. The van der Waals surface area contributed by atoms with E-state index in [9.17, 15) is 19.5 Å². The summed E-state index contributed by atoms with van der Waals surface area (Å²) < 4.78 is 23.0. The SMILES string of the molecule is CC.Cc1cc2cc(COc3cc(CNC(=O)OC(C)(C)C)ccc3CC(=O)O)cc(-c3cccc(CNC(=O)OC(C)(C)C)c3)c2o1. The highest BCUT2D eigenvalue weighted by molar-refractivity contribution is 5.93. The third-order valence-corrected chi connectivity index (χ3v) is 6.58. The molecule has 10 nitrogen and oxygen atoms in total. The molecule has 0 atom stereocenters. The quantitative estimate of drug-likeness (QED) is 0.154. The number of aryl methyl sites for hydroxylation is 1. The molecular weight excluding hydrogens is 612 g/mol. The molecule has 0 unspecified atom stereocenters. The molecule has 0 aliphatic rings. The second-order valence-electron chi connectivity index (χ2n) is 13.1. The number of carboxylic acids is 1. The lowest BCUT2D eigenvalue weighted by Gasteiger charge is -2.20. The van der Waals surface area contributed by atoms with Crippen LogP contribution in [0.4, 0.5) is 9.59 Å². The van der Waals surface area contributed by atoms with E-state index in [4.69, 9.17) is 18.6 Å². The molecule has 0 spiro atoms. The molecule has 0 fully saturated rings. The van der Waals surface area contributed by atoms with E-state index in [0.29, 0.717) is 11.3 Å². The first-order valence-electron chi connectivity index (χ1n) is 16.1. The zero-order valence-corrected chi connectivity index (χ0v) is 29.4. The van der Waals surface area contributed by atoms with Crippen molar-refractivity contribution in [1.82, 2.24) is 10.6 Å². The van der Waals surface area contributed by atoms with Gasteiger partial charge in [0, 0.05) is 29.6 Å². The number of hydrogen-bond acceptors (Lipinski definition) is 7. The van der Waals surface area contributed by atoms with Crippen LogP contribution in [0.15, 0.2) is 65.1 Å². The number of fused-ring (bicyclic) bond motifs is 1. The van der Waals surface area contributed by atoms with E-state index >= 15 is 0 Å². The second-order valence-corrected chi connectivity index (χ2v) is 13.1. The molecule has 48 heavy (non-hydrogen) atoms. The first kappa shape index (κ1) is 37.5. The van der Waals surface area contributed by atoms with Crippen molar-refractivity contribution >= 4 is 29.1 Å². The van der Waals surface area contributed by atoms with E-state index < -0.39 is 29.4 Å². The van der Waals surface area contributed by atoms with Gasteiger partial charge in [-0.3, -0.25) is 4.79 Å². The number of nitrogens with one attached hydrogen (secondary N) is 2. The molecule has 258 valence electrons. The van der Waals surface area contributed by atoms with Gasteiger partial charge >= 0.3 is 18.2 Å². The first-order valence-corrected chi connectivity index (χ1v) is 16.1. The van der Waals surface area contributed by atoms with E-state index in [1.54, 1.807) is 39.0 Å². The van der Waals surface area contributed by atoms with Crippen molar-refractivity contribution in [3.8, 4) is 16.9 Å². The highest BCUT2D eigenvalue weighted by atomic mass is 16.6. The predicted octanol–water partition coefficient (Wildman–Crippen LogP) is 8.69. The van der Waals surface area contributed by atoms with E-state index in [2.05, 4.69) is 10.6 Å². The summed E-state index contributed by atoms with van der Waals surface area (Å²) in [5, 5.41) is 15.9. The van der Waals surface area contributed by atoms with Crippen molar-refractivity contribution in [2.24, 2.45) is 0 Å². The van der Waals surface area contributed by atoms with Crippen LogP contribution in [0.3, 0.4) is 0 Å². The summed E-state index contributed by atoms with van der Waals surface area (Å²) in [6, 6.07) is 18.9. The van der Waals surface area contributed by atoms with Crippen molar-refractivity contribution < 1.29 is 38.1 Å². The molecular formula is C38H48N2O8. The molecule has 3 aromatic carbocycles. The predicted molar refractivity (Wildman–Crippen MR) is 186 cm³/mol. The molecule has 0 aliphatic carbocycles. The molecule has 0 radical (unpaired) electrons. The van der Waals surface area contributed by atoms with Crippen LogP contribution in [-0.2, 0) is 40.4 Å². The fraction of sp³-hybridized carbons (Fsp3) is 0.395. The topological polar surface area (TPSA) is 136 Å². The summed E-state index contributed by atoms with van der Waals surface area (Å²) >= 11 is 0. The zero-order chi connectivity index (χ0) is 35.6. The molecule has 0 saturated carbocycles. The van der Waals surface area contributed by atoms with Gasteiger partial charge < -0.3 is 34.4 Å². The van der Waals surface area contributed by atoms with Gasteiger partial charge in [0.2, 0.25) is 0 Å². The Hall–Kier alpha value is -4.99. The standard InChI is InChI=1S/C36H42N2O8.C2H6/c1-22-13-28-15-25(16-29(32(28)44-22)26-10-8-9-23(14-26)19-37-33(41)45-35(2,3)4)21-43-30-17-24(11-12-27(30)18-31(39)40)20-38-34(42)46-36(5,6)7;1-2/h8-17H,18-21H2,1-7H3,(H,37,41)(H,38,42)(H,39,40);1-2H3. The Labute approximate surface area is 282 Å². The molecule has 0 aliphatic heterocycles. The maximum atomic E-state index is 12.2. The maximum Gasteiger partial charge on any atom is 0.407 e.